The molecule has 0 aliphatic heterocycles. The van der Waals surface area contributed by atoms with Crippen LogP contribution in [-0.4, -0.2) is 148 Å². The fourth-order valence-electron chi connectivity index (χ4n) is 6.06. The van der Waals surface area contributed by atoms with Crippen LogP contribution in [0.1, 0.15) is 135 Å². The predicted octanol–water partition coefficient (Wildman–Crippen LogP) is 2.92. The number of carbonyl (C=O) groups excluding carboxylic acids is 4. The Hall–Kier alpha value is -3.91. The average Bonchev–Trinajstić information content (AvgIpc) is 3.22. The van der Waals surface area contributed by atoms with E-state index in [0.717, 1.165) is 44.9 Å². The molecule has 0 radical (unpaired) electrons. The van der Waals surface area contributed by atoms with Crippen molar-refractivity contribution in [1.82, 2.24) is 26.6 Å². The molecule has 2 atom stereocenters. The summed E-state index contributed by atoms with van der Waals surface area (Å²) in [5, 5.41) is 40.4. The van der Waals surface area contributed by atoms with Crippen LogP contribution in [0.2, 0.25) is 0 Å². The molecule has 0 saturated heterocycles. The van der Waals surface area contributed by atoms with E-state index in [1.807, 2.05) is 0 Å². The molecule has 0 fully saturated rings. The van der Waals surface area contributed by atoms with Crippen LogP contribution in [0.3, 0.4) is 0 Å². The summed E-state index contributed by atoms with van der Waals surface area (Å²) in [7, 11) is 1.59. The maximum atomic E-state index is 12.3. The third-order valence-corrected chi connectivity index (χ3v) is 9.57. The summed E-state index contributed by atoms with van der Waals surface area (Å²) in [5.41, 5.74) is 0. The van der Waals surface area contributed by atoms with Gasteiger partial charge in [-0.25, -0.2) is 4.79 Å². The van der Waals surface area contributed by atoms with Crippen molar-refractivity contribution in [3.63, 3.8) is 0 Å². The number of nitrogens with one attached hydrogen (secondary N) is 5. The van der Waals surface area contributed by atoms with Crippen molar-refractivity contribution in [2.75, 3.05) is 79.5 Å². The van der Waals surface area contributed by atoms with Crippen LogP contribution in [0.5, 0.6) is 0 Å². The molecule has 0 aliphatic carbocycles. The Kier molecular flexibility index (Phi) is 38.8. The molecule has 0 heterocycles. The van der Waals surface area contributed by atoms with Crippen LogP contribution in [-0.2, 0) is 52.5 Å². The lowest BCUT2D eigenvalue weighted by Gasteiger charge is -2.14. The van der Waals surface area contributed by atoms with Gasteiger partial charge in [0.2, 0.25) is 23.6 Å². The number of rotatable bonds is 45. The zero-order chi connectivity index (χ0) is 45.2. The Labute approximate surface area is 361 Å². The van der Waals surface area contributed by atoms with E-state index in [1.54, 1.807) is 7.05 Å². The number of unbranched alkanes of at least 4 members (excludes halogenated alkanes) is 14. The minimum atomic E-state index is -1.19. The molecule has 0 rings (SSSR count). The molecule has 8 N–H and O–H groups in total. The van der Waals surface area contributed by atoms with Gasteiger partial charge in [-0.2, -0.15) is 0 Å². The number of hydrogen-bond donors (Lipinski definition) is 8. The number of likely N-dealkylation sites (N-methyl/N-ethyl adjacent to an activating group) is 1. The van der Waals surface area contributed by atoms with Gasteiger partial charge in [0.1, 0.15) is 25.3 Å². The lowest BCUT2D eigenvalue weighted by molar-refractivity contribution is -0.142. The molecule has 19 nitrogen and oxygen atoms in total. The van der Waals surface area contributed by atoms with Crippen molar-refractivity contribution in [2.24, 2.45) is 0 Å². The van der Waals surface area contributed by atoms with E-state index < -0.39 is 30.0 Å². The van der Waals surface area contributed by atoms with Crippen LogP contribution in [0.25, 0.3) is 0 Å². The van der Waals surface area contributed by atoms with E-state index in [-0.39, 0.29) is 115 Å². The number of carbonyl (C=O) groups is 7. The molecule has 0 aromatic heterocycles. The molecule has 0 saturated carbocycles. The number of carboxylic acid groups (broad SMARTS) is 3. The first-order valence-electron chi connectivity index (χ1n) is 22.2. The van der Waals surface area contributed by atoms with Crippen LogP contribution in [0.15, 0.2) is 0 Å². The van der Waals surface area contributed by atoms with Crippen LogP contribution < -0.4 is 26.6 Å². The third-order valence-electron chi connectivity index (χ3n) is 9.57. The molecule has 354 valence electrons. The minimum absolute atomic E-state index is 0.0305. The van der Waals surface area contributed by atoms with E-state index in [0.29, 0.717) is 32.2 Å². The lowest BCUT2D eigenvalue weighted by Crippen LogP contribution is -2.41. The summed E-state index contributed by atoms with van der Waals surface area (Å²) < 4.78 is 21.3. The van der Waals surface area contributed by atoms with Crippen molar-refractivity contribution in [3.05, 3.63) is 0 Å². The van der Waals surface area contributed by atoms with Gasteiger partial charge < -0.3 is 60.9 Å². The van der Waals surface area contributed by atoms with Gasteiger partial charge in [0, 0.05) is 38.9 Å². The SMILES string of the molecule is CN[C@@H](CCCCNC(=O)COCCOCCNC(=O)COCCOCCNC(=O)CC[C@@H](NC(=O)CCCCCCCCCCCCCCCCC(=O)O)C(=O)O)C(=O)O. The molecule has 4 amide bonds. The Morgan fingerprint density at radius 1 is 0.410 bits per heavy atom. The van der Waals surface area contributed by atoms with E-state index in [4.69, 9.17) is 29.2 Å². The van der Waals surface area contributed by atoms with Gasteiger partial charge in [-0.05, 0) is 45.6 Å². The van der Waals surface area contributed by atoms with Crippen LogP contribution >= 0.6 is 0 Å². The summed E-state index contributed by atoms with van der Waals surface area (Å²) in [5.74, 6) is -4.09. The van der Waals surface area contributed by atoms with Crippen LogP contribution in [0, 0.1) is 0 Å². The molecule has 0 aromatic rings. The van der Waals surface area contributed by atoms with E-state index in [1.165, 1.54) is 38.5 Å². The van der Waals surface area contributed by atoms with Crippen molar-refractivity contribution >= 4 is 41.5 Å². The Bertz CT molecular complexity index is 1200. The van der Waals surface area contributed by atoms with Crippen molar-refractivity contribution < 1.29 is 67.8 Å². The molecule has 0 bridgehead atoms. The Balaban J connectivity index is 3.65. The monoisotopic (exact) mass is 876 g/mol. The second kappa shape index (κ2) is 41.4. The fourth-order valence-corrected chi connectivity index (χ4v) is 6.06. The highest BCUT2D eigenvalue weighted by molar-refractivity contribution is 5.84. The molecule has 0 spiro atoms. The number of amides is 4. The smallest absolute Gasteiger partial charge is 0.326 e. The highest BCUT2D eigenvalue weighted by atomic mass is 16.5. The van der Waals surface area contributed by atoms with Gasteiger partial charge in [-0.3, -0.25) is 28.8 Å². The quantitative estimate of drug-likeness (QED) is 0.0409. The maximum Gasteiger partial charge on any atom is 0.326 e. The first-order valence-corrected chi connectivity index (χ1v) is 22.2. The number of carboxylic acids is 3. The largest absolute Gasteiger partial charge is 0.481 e. The second-order valence-electron chi connectivity index (χ2n) is 14.9. The van der Waals surface area contributed by atoms with Gasteiger partial charge in [-0.15, -0.1) is 0 Å². The predicted molar refractivity (Wildman–Crippen MR) is 227 cm³/mol. The zero-order valence-electron chi connectivity index (χ0n) is 36.6. The fraction of sp³-hybridized carbons (Fsp3) is 0.833. The maximum absolute atomic E-state index is 12.3. The first kappa shape index (κ1) is 57.1. The third kappa shape index (κ3) is 40.0. The van der Waals surface area contributed by atoms with Crippen LogP contribution in [0.4, 0.5) is 0 Å². The topological polar surface area (TPSA) is 277 Å². The summed E-state index contributed by atoms with van der Waals surface area (Å²) in [6, 6.07) is -1.74. The number of ether oxygens (including phenoxy) is 4. The molecule has 0 aromatic carbocycles. The lowest BCUT2D eigenvalue weighted by atomic mass is 10.0. The van der Waals surface area contributed by atoms with E-state index >= 15 is 0 Å². The van der Waals surface area contributed by atoms with E-state index in [2.05, 4.69) is 26.6 Å². The normalized spacial score (nSPS) is 12.0. The van der Waals surface area contributed by atoms with Gasteiger partial charge in [-0.1, -0.05) is 77.0 Å². The zero-order valence-corrected chi connectivity index (χ0v) is 36.6. The highest BCUT2D eigenvalue weighted by Crippen LogP contribution is 2.14. The van der Waals surface area contributed by atoms with Gasteiger partial charge in [0.25, 0.3) is 0 Å². The van der Waals surface area contributed by atoms with Crippen molar-refractivity contribution in [3.8, 4) is 0 Å². The summed E-state index contributed by atoms with van der Waals surface area (Å²) in [6.45, 7) is 1.86. The molecule has 0 aliphatic rings. The summed E-state index contributed by atoms with van der Waals surface area (Å²) >= 11 is 0. The molecular weight excluding hydrogens is 798 g/mol. The number of aliphatic carboxylic acids is 3. The van der Waals surface area contributed by atoms with Crippen molar-refractivity contribution in [2.45, 2.75) is 147 Å². The molecule has 61 heavy (non-hydrogen) atoms. The number of hydrogen-bond acceptors (Lipinski definition) is 12. The highest BCUT2D eigenvalue weighted by Gasteiger charge is 2.21. The Morgan fingerprint density at radius 2 is 0.836 bits per heavy atom. The van der Waals surface area contributed by atoms with Crippen molar-refractivity contribution in [1.29, 1.82) is 0 Å². The minimum Gasteiger partial charge on any atom is -0.481 e. The molecule has 19 heteroatoms. The first-order chi connectivity index (χ1) is 29.5. The van der Waals surface area contributed by atoms with Gasteiger partial charge in [0.05, 0.1) is 39.6 Å². The summed E-state index contributed by atoms with van der Waals surface area (Å²) in [6.07, 6.45) is 17.2. The summed E-state index contributed by atoms with van der Waals surface area (Å²) in [4.78, 5) is 81.3. The Morgan fingerprint density at radius 3 is 1.30 bits per heavy atom. The standard InChI is InChI=1S/C42H77N5O14/c1-43-34(41(54)55)18-16-17-23-44-38(50)32-60-30-29-59-27-25-46-39(51)33-61-31-28-58-26-24-45-36(48)22-21-35(42(56)57)47-37(49)19-14-12-10-8-6-4-2-3-5-7-9-11-13-15-20-40(52)53/h34-35,43H,2-33H2,1H3,(H,44,50)(H,45,48)(H,46,51)(H,47,49)(H,52,53)(H,54,55)(H,56,57)/t34-,35+/m0/s1. The van der Waals surface area contributed by atoms with E-state index in [9.17, 15) is 38.7 Å². The second-order valence-corrected chi connectivity index (χ2v) is 14.9. The average molecular weight is 876 g/mol. The molecular formula is C42H77N5O14. The molecule has 0 unspecified atom stereocenters. The van der Waals surface area contributed by atoms with Gasteiger partial charge in [0.15, 0.2) is 0 Å². The van der Waals surface area contributed by atoms with Gasteiger partial charge >= 0.3 is 17.9 Å².